The maximum Gasteiger partial charge on any atom is 0.228 e. The molecule has 1 amide bonds. The Hall–Kier alpha value is -2.66. The maximum absolute atomic E-state index is 12.2. The monoisotopic (exact) mass is 395 g/mol. The molecule has 3 aromatic rings. The highest BCUT2D eigenvalue weighted by molar-refractivity contribution is 9.10. The molecule has 2 aromatic carbocycles. The van der Waals surface area contributed by atoms with Crippen LogP contribution in [-0.4, -0.2) is 10.9 Å². The van der Waals surface area contributed by atoms with Crippen molar-refractivity contribution in [3.8, 4) is 0 Å². The molecule has 0 unspecified atom stereocenters. The van der Waals surface area contributed by atoms with E-state index in [-0.39, 0.29) is 5.91 Å². The Kier molecular flexibility index (Phi) is 5.46. The summed E-state index contributed by atoms with van der Waals surface area (Å²) < 4.78 is 0.931. The molecule has 2 N–H and O–H groups in total. The highest BCUT2D eigenvalue weighted by Crippen LogP contribution is 2.19. The lowest BCUT2D eigenvalue weighted by Gasteiger charge is -2.09. The van der Waals surface area contributed by atoms with E-state index in [9.17, 15) is 4.79 Å². The molecular weight excluding hydrogens is 378 g/mol. The molecule has 0 saturated heterocycles. The van der Waals surface area contributed by atoms with Gasteiger partial charge in [-0.15, -0.1) is 0 Å². The van der Waals surface area contributed by atoms with Crippen LogP contribution in [0.25, 0.3) is 0 Å². The number of rotatable bonds is 5. The van der Waals surface area contributed by atoms with Gasteiger partial charge in [-0.2, -0.15) is 0 Å². The number of nitrogens with one attached hydrogen (secondary N) is 2. The lowest BCUT2D eigenvalue weighted by molar-refractivity contribution is -0.115. The van der Waals surface area contributed by atoms with Crippen LogP contribution in [0, 0.1) is 6.92 Å². The highest BCUT2D eigenvalue weighted by atomic mass is 79.9. The highest BCUT2D eigenvalue weighted by Gasteiger charge is 2.07. The van der Waals surface area contributed by atoms with Gasteiger partial charge in [0.2, 0.25) is 5.91 Å². The third-order valence-corrected chi connectivity index (χ3v) is 4.45. The number of aromatic nitrogens is 1. The predicted molar refractivity (Wildman–Crippen MR) is 105 cm³/mol. The number of hydrogen-bond acceptors (Lipinski definition) is 3. The van der Waals surface area contributed by atoms with Crippen molar-refractivity contribution in [1.82, 2.24) is 4.98 Å². The van der Waals surface area contributed by atoms with Crippen LogP contribution < -0.4 is 10.6 Å². The van der Waals surface area contributed by atoms with Crippen molar-refractivity contribution < 1.29 is 4.79 Å². The minimum atomic E-state index is -0.0760. The second-order valence-electron chi connectivity index (χ2n) is 5.74. The van der Waals surface area contributed by atoms with Crippen molar-refractivity contribution in [2.75, 3.05) is 10.6 Å². The first-order valence-corrected chi connectivity index (χ1v) is 8.72. The summed E-state index contributed by atoms with van der Waals surface area (Å²) in [7, 11) is 0. The second-order valence-corrected chi connectivity index (χ2v) is 6.59. The molecule has 0 aliphatic rings. The normalized spacial score (nSPS) is 10.3. The van der Waals surface area contributed by atoms with Gasteiger partial charge in [-0.25, -0.2) is 4.98 Å². The summed E-state index contributed by atoms with van der Waals surface area (Å²) in [6.07, 6.45) is 1.96. The fourth-order valence-corrected chi connectivity index (χ4v) is 2.77. The predicted octanol–water partition coefficient (Wildman–Crippen LogP) is 5.08. The lowest BCUT2D eigenvalue weighted by atomic mass is 10.1. The van der Waals surface area contributed by atoms with Crippen molar-refractivity contribution >= 4 is 39.0 Å². The zero-order chi connectivity index (χ0) is 17.6. The average Bonchev–Trinajstić information content (AvgIpc) is 2.61. The van der Waals surface area contributed by atoms with E-state index in [0.717, 1.165) is 21.5 Å². The van der Waals surface area contributed by atoms with Crippen molar-refractivity contribution in [3.05, 3.63) is 82.5 Å². The summed E-state index contributed by atoms with van der Waals surface area (Å²) in [6, 6.07) is 19.5. The van der Waals surface area contributed by atoms with Crippen LogP contribution in [0.2, 0.25) is 0 Å². The van der Waals surface area contributed by atoms with Crippen molar-refractivity contribution in [3.63, 3.8) is 0 Å². The first-order valence-electron chi connectivity index (χ1n) is 7.93. The number of aryl methyl sites for hydroxylation is 1. The van der Waals surface area contributed by atoms with Gasteiger partial charge in [0, 0.05) is 10.2 Å². The summed E-state index contributed by atoms with van der Waals surface area (Å²) in [5.41, 5.74) is 3.81. The van der Waals surface area contributed by atoms with E-state index < -0.39 is 0 Å². The fraction of sp³-hybridized carbons (Fsp3) is 0.100. The zero-order valence-electron chi connectivity index (χ0n) is 13.8. The molecular formula is C20H18BrN3O. The summed E-state index contributed by atoms with van der Waals surface area (Å²) in [5, 5.41) is 6.10. The molecule has 0 atom stereocenters. The lowest BCUT2D eigenvalue weighted by Crippen LogP contribution is -2.14. The van der Waals surface area contributed by atoms with Crippen LogP contribution in [0.5, 0.6) is 0 Å². The van der Waals surface area contributed by atoms with Crippen LogP contribution in [-0.2, 0) is 11.2 Å². The van der Waals surface area contributed by atoms with E-state index in [1.165, 1.54) is 5.56 Å². The molecule has 0 spiro atoms. The minimum absolute atomic E-state index is 0.0760. The van der Waals surface area contributed by atoms with Crippen molar-refractivity contribution in [2.45, 2.75) is 13.3 Å². The van der Waals surface area contributed by atoms with Gasteiger partial charge in [-0.3, -0.25) is 4.79 Å². The molecule has 0 aliphatic heterocycles. The SMILES string of the molecule is Cc1ccc(Nc2ccc(NC(=O)Cc3ccccc3Br)cn2)cc1. The molecule has 4 nitrogen and oxygen atoms in total. The Morgan fingerprint density at radius 2 is 1.72 bits per heavy atom. The first-order chi connectivity index (χ1) is 12.1. The van der Waals surface area contributed by atoms with E-state index in [1.54, 1.807) is 6.20 Å². The zero-order valence-corrected chi connectivity index (χ0v) is 15.4. The van der Waals surface area contributed by atoms with Gasteiger partial charge < -0.3 is 10.6 Å². The van der Waals surface area contributed by atoms with E-state index in [4.69, 9.17) is 0 Å². The van der Waals surface area contributed by atoms with Gasteiger partial charge in [0.05, 0.1) is 18.3 Å². The molecule has 1 heterocycles. The first kappa shape index (κ1) is 17.2. The molecule has 0 bridgehead atoms. The largest absolute Gasteiger partial charge is 0.340 e. The van der Waals surface area contributed by atoms with Gasteiger partial charge in [-0.05, 0) is 42.8 Å². The Morgan fingerprint density at radius 3 is 2.40 bits per heavy atom. The van der Waals surface area contributed by atoms with Crippen LogP contribution in [0.3, 0.4) is 0 Å². The van der Waals surface area contributed by atoms with E-state index >= 15 is 0 Å². The molecule has 0 fully saturated rings. The molecule has 0 saturated carbocycles. The topological polar surface area (TPSA) is 54.0 Å². The number of carbonyl (C=O) groups excluding carboxylic acids is 1. The summed E-state index contributed by atoms with van der Waals surface area (Å²) in [6.45, 7) is 2.05. The summed E-state index contributed by atoms with van der Waals surface area (Å²) in [5.74, 6) is 0.653. The smallest absolute Gasteiger partial charge is 0.228 e. The van der Waals surface area contributed by atoms with E-state index in [1.807, 2.05) is 67.6 Å². The number of pyridine rings is 1. The van der Waals surface area contributed by atoms with Gasteiger partial charge in [0.1, 0.15) is 5.82 Å². The molecule has 25 heavy (non-hydrogen) atoms. The Morgan fingerprint density at radius 1 is 1.00 bits per heavy atom. The molecule has 0 aliphatic carbocycles. The molecule has 3 rings (SSSR count). The van der Waals surface area contributed by atoms with Gasteiger partial charge in [-0.1, -0.05) is 51.8 Å². The number of halogens is 1. The number of benzene rings is 2. The molecule has 5 heteroatoms. The number of carbonyl (C=O) groups is 1. The van der Waals surface area contributed by atoms with Crippen LogP contribution in [0.1, 0.15) is 11.1 Å². The fourth-order valence-electron chi connectivity index (χ4n) is 2.35. The maximum atomic E-state index is 12.2. The Bertz CT molecular complexity index is 861. The Labute approximate surface area is 155 Å². The Balaban J connectivity index is 1.59. The van der Waals surface area contributed by atoms with Crippen LogP contribution in [0.4, 0.5) is 17.2 Å². The number of anilines is 3. The molecule has 1 aromatic heterocycles. The van der Waals surface area contributed by atoms with Gasteiger partial charge in [0.15, 0.2) is 0 Å². The number of amides is 1. The minimum Gasteiger partial charge on any atom is -0.340 e. The van der Waals surface area contributed by atoms with Crippen LogP contribution >= 0.6 is 15.9 Å². The summed E-state index contributed by atoms with van der Waals surface area (Å²) >= 11 is 3.46. The van der Waals surface area contributed by atoms with E-state index in [0.29, 0.717) is 12.1 Å². The second kappa shape index (κ2) is 7.94. The van der Waals surface area contributed by atoms with Crippen molar-refractivity contribution in [2.24, 2.45) is 0 Å². The average molecular weight is 396 g/mol. The van der Waals surface area contributed by atoms with Crippen molar-refractivity contribution in [1.29, 1.82) is 0 Å². The quantitative estimate of drug-likeness (QED) is 0.633. The van der Waals surface area contributed by atoms with Gasteiger partial charge in [0.25, 0.3) is 0 Å². The third-order valence-electron chi connectivity index (χ3n) is 3.68. The number of nitrogens with zero attached hydrogens (tertiary/aromatic N) is 1. The molecule has 0 radical (unpaired) electrons. The molecule has 126 valence electrons. The number of hydrogen-bond donors (Lipinski definition) is 2. The standard InChI is InChI=1S/C20H18BrN3O/c1-14-6-8-16(9-7-14)23-19-11-10-17(13-22-19)24-20(25)12-15-4-2-3-5-18(15)21/h2-11,13H,12H2,1H3,(H,22,23)(H,24,25). The van der Waals surface area contributed by atoms with E-state index in [2.05, 4.69) is 31.5 Å². The third kappa shape index (κ3) is 4.90. The van der Waals surface area contributed by atoms with Crippen LogP contribution in [0.15, 0.2) is 71.3 Å². The van der Waals surface area contributed by atoms with Gasteiger partial charge >= 0.3 is 0 Å². The summed E-state index contributed by atoms with van der Waals surface area (Å²) in [4.78, 5) is 16.5.